The van der Waals surface area contributed by atoms with Crippen molar-refractivity contribution in [1.82, 2.24) is 24.5 Å². The van der Waals surface area contributed by atoms with Crippen LogP contribution >= 0.6 is 0 Å². The van der Waals surface area contributed by atoms with E-state index in [1.165, 1.54) is 0 Å². The number of nitrogens with zero attached hydrogens (tertiary/aromatic N) is 4. The Balaban J connectivity index is 1.67. The van der Waals surface area contributed by atoms with Gasteiger partial charge < -0.3 is 9.88 Å². The molecule has 0 aliphatic heterocycles. The lowest BCUT2D eigenvalue weighted by molar-refractivity contribution is 0.0949. The zero-order valence-corrected chi connectivity index (χ0v) is 15.1. The van der Waals surface area contributed by atoms with Gasteiger partial charge in [0, 0.05) is 36.7 Å². The van der Waals surface area contributed by atoms with E-state index in [0.717, 1.165) is 16.8 Å². The number of rotatable bonds is 4. The van der Waals surface area contributed by atoms with Crippen molar-refractivity contribution in [3.8, 4) is 0 Å². The fourth-order valence-electron chi connectivity index (χ4n) is 3.16. The van der Waals surface area contributed by atoms with Gasteiger partial charge in [0.25, 0.3) is 5.91 Å². The van der Waals surface area contributed by atoms with Crippen molar-refractivity contribution in [2.45, 2.75) is 26.9 Å². The molecule has 4 heterocycles. The summed E-state index contributed by atoms with van der Waals surface area (Å²) in [7, 11) is 0. The summed E-state index contributed by atoms with van der Waals surface area (Å²) in [5, 5.41) is 7.54. The first-order valence-corrected chi connectivity index (χ1v) is 8.78. The van der Waals surface area contributed by atoms with E-state index < -0.39 is 5.91 Å². The lowest BCUT2D eigenvalue weighted by Gasteiger charge is -2.11. The van der Waals surface area contributed by atoms with Crippen LogP contribution in [0.4, 0.5) is 0 Å². The molecule has 0 bridgehead atoms. The second-order valence-corrected chi connectivity index (χ2v) is 6.36. The molecule has 7 heteroatoms. The van der Waals surface area contributed by atoms with Crippen LogP contribution in [-0.4, -0.2) is 25.1 Å². The molecule has 136 valence electrons. The molecule has 0 aliphatic rings. The Hall–Kier alpha value is -3.48. The van der Waals surface area contributed by atoms with Crippen LogP contribution in [0.2, 0.25) is 0 Å². The molecule has 0 fully saturated rings. The van der Waals surface area contributed by atoms with E-state index in [2.05, 4.69) is 15.4 Å². The Kier molecular flexibility index (Phi) is 4.19. The molecule has 0 spiro atoms. The molecule has 1 N–H and O–H groups in total. The van der Waals surface area contributed by atoms with Crippen LogP contribution in [0.15, 0.2) is 53.7 Å². The summed E-state index contributed by atoms with van der Waals surface area (Å²) >= 11 is 0. The molecule has 0 saturated carbocycles. The van der Waals surface area contributed by atoms with Gasteiger partial charge in [0.2, 0.25) is 5.43 Å². The molecular formula is C20H19N5O2. The second kappa shape index (κ2) is 6.68. The summed E-state index contributed by atoms with van der Waals surface area (Å²) < 4.78 is 3.57. The Bertz CT molecular complexity index is 1220. The molecule has 4 rings (SSSR count). The largest absolute Gasteiger partial charge is 0.348 e. The van der Waals surface area contributed by atoms with Gasteiger partial charge in [-0.25, -0.2) is 9.50 Å². The molecule has 4 aromatic heterocycles. The third-order valence-electron chi connectivity index (χ3n) is 4.59. The van der Waals surface area contributed by atoms with Crippen molar-refractivity contribution < 1.29 is 4.79 Å². The zero-order chi connectivity index (χ0) is 19.0. The first-order valence-electron chi connectivity index (χ1n) is 8.78. The highest BCUT2D eigenvalue weighted by atomic mass is 16.2. The normalized spacial score (nSPS) is 11.2. The fourth-order valence-corrected chi connectivity index (χ4v) is 3.16. The number of carbonyl (C=O) groups is 1. The van der Waals surface area contributed by atoms with E-state index in [0.29, 0.717) is 24.1 Å². The number of hydrogen-bond donors (Lipinski definition) is 1. The number of fused-ring (bicyclic) bond motifs is 2. The molecule has 27 heavy (non-hydrogen) atoms. The van der Waals surface area contributed by atoms with Gasteiger partial charge in [-0.2, -0.15) is 5.10 Å². The number of amides is 1. The van der Waals surface area contributed by atoms with Crippen LogP contribution in [0, 0.1) is 6.92 Å². The van der Waals surface area contributed by atoms with Crippen molar-refractivity contribution in [1.29, 1.82) is 0 Å². The highest BCUT2D eigenvalue weighted by Crippen LogP contribution is 2.12. The standard InChI is InChI=1S/C20H19N5O2/c1-3-24-12-16(18(26)15-8-7-13(2)23-19(15)24)20(27)21-10-14-11-22-25-9-5-4-6-17(14)25/h4-9,11-12H,3,10H2,1-2H3,(H,21,27). The van der Waals surface area contributed by atoms with Crippen molar-refractivity contribution in [2.24, 2.45) is 0 Å². The third kappa shape index (κ3) is 2.97. The first kappa shape index (κ1) is 17.0. The lowest BCUT2D eigenvalue weighted by Crippen LogP contribution is -2.29. The quantitative estimate of drug-likeness (QED) is 0.605. The predicted molar refractivity (Wildman–Crippen MR) is 103 cm³/mol. The van der Waals surface area contributed by atoms with Gasteiger partial charge in [-0.05, 0) is 38.1 Å². The van der Waals surface area contributed by atoms with Gasteiger partial charge in [0.05, 0.1) is 17.1 Å². The van der Waals surface area contributed by atoms with E-state index in [4.69, 9.17) is 0 Å². The van der Waals surface area contributed by atoms with Crippen LogP contribution in [0.1, 0.15) is 28.5 Å². The molecule has 0 aliphatic carbocycles. The number of aryl methyl sites for hydroxylation is 2. The Morgan fingerprint density at radius 3 is 2.89 bits per heavy atom. The maximum absolute atomic E-state index is 12.8. The first-order chi connectivity index (χ1) is 13.1. The Morgan fingerprint density at radius 1 is 1.22 bits per heavy atom. The van der Waals surface area contributed by atoms with Gasteiger partial charge in [0.1, 0.15) is 11.2 Å². The fraction of sp³-hybridized carbons (Fsp3) is 0.200. The molecule has 0 atom stereocenters. The maximum atomic E-state index is 12.8. The van der Waals surface area contributed by atoms with Gasteiger partial charge in [0.15, 0.2) is 0 Å². The van der Waals surface area contributed by atoms with Gasteiger partial charge in [-0.3, -0.25) is 9.59 Å². The minimum absolute atomic E-state index is 0.117. The zero-order valence-electron chi connectivity index (χ0n) is 15.1. The lowest BCUT2D eigenvalue weighted by atomic mass is 10.1. The third-order valence-corrected chi connectivity index (χ3v) is 4.59. The average Bonchev–Trinajstić information content (AvgIpc) is 3.09. The molecule has 0 radical (unpaired) electrons. The molecule has 0 unspecified atom stereocenters. The van der Waals surface area contributed by atoms with E-state index in [9.17, 15) is 9.59 Å². The van der Waals surface area contributed by atoms with Crippen molar-refractivity contribution in [2.75, 3.05) is 0 Å². The highest BCUT2D eigenvalue weighted by Gasteiger charge is 2.16. The van der Waals surface area contributed by atoms with Crippen molar-refractivity contribution in [3.63, 3.8) is 0 Å². The van der Waals surface area contributed by atoms with Crippen LogP contribution < -0.4 is 10.7 Å². The van der Waals surface area contributed by atoms with Crippen molar-refractivity contribution >= 4 is 22.5 Å². The van der Waals surface area contributed by atoms with E-state index >= 15 is 0 Å². The number of aromatic nitrogens is 4. The van der Waals surface area contributed by atoms with Crippen LogP contribution in [0.25, 0.3) is 16.6 Å². The molecule has 1 amide bonds. The summed E-state index contributed by atoms with van der Waals surface area (Å²) in [6, 6.07) is 9.25. The minimum Gasteiger partial charge on any atom is -0.348 e. The number of hydrogen-bond acceptors (Lipinski definition) is 4. The van der Waals surface area contributed by atoms with Crippen LogP contribution in [-0.2, 0) is 13.1 Å². The van der Waals surface area contributed by atoms with Crippen LogP contribution in [0.3, 0.4) is 0 Å². The topological polar surface area (TPSA) is 81.3 Å². The van der Waals surface area contributed by atoms with E-state index in [-0.39, 0.29) is 11.0 Å². The molecule has 0 saturated heterocycles. The number of pyridine rings is 3. The molecular weight excluding hydrogens is 342 g/mol. The summed E-state index contributed by atoms with van der Waals surface area (Å²) in [6.07, 6.45) is 5.15. The van der Waals surface area contributed by atoms with Crippen LogP contribution in [0.5, 0.6) is 0 Å². The minimum atomic E-state index is -0.403. The van der Waals surface area contributed by atoms with Gasteiger partial charge in [-0.1, -0.05) is 6.07 Å². The van der Waals surface area contributed by atoms with Crippen molar-refractivity contribution in [3.05, 3.63) is 76.0 Å². The molecule has 0 aromatic carbocycles. The van der Waals surface area contributed by atoms with E-state index in [1.54, 1.807) is 29.0 Å². The Labute approximate surface area is 155 Å². The summed E-state index contributed by atoms with van der Waals surface area (Å²) in [4.78, 5) is 29.9. The SMILES string of the molecule is CCn1cc(C(=O)NCc2cnn3ccccc23)c(=O)c2ccc(C)nc21. The maximum Gasteiger partial charge on any atom is 0.257 e. The summed E-state index contributed by atoms with van der Waals surface area (Å²) in [5.41, 5.74) is 3.04. The van der Waals surface area contributed by atoms with E-state index in [1.807, 2.05) is 42.8 Å². The highest BCUT2D eigenvalue weighted by molar-refractivity contribution is 5.96. The monoisotopic (exact) mass is 361 g/mol. The second-order valence-electron chi connectivity index (χ2n) is 6.36. The number of carbonyl (C=O) groups excluding carboxylic acids is 1. The smallest absolute Gasteiger partial charge is 0.257 e. The Morgan fingerprint density at radius 2 is 2.07 bits per heavy atom. The average molecular weight is 361 g/mol. The number of nitrogens with one attached hydrogen (secondary N) is 1. The molecule has 4 aromatic rings. The van der Waals surface area contributed by atoms with Gasteiger partial charge >= 0.3 is 0 Å². The summed E-state index contributed by atoms with van der Waals surface area (Å²) in [6.45, 7) is 4.74. The van der Waals surface area contributed by atoms with Gasteiger partial charge in [-0.15, -0.1) is 0 Å². The predicted octanol–water partition coefficient (Wildman–Crippen LogP) is 2.30. The summed E-state index contributed by atoms with van der Waals surface area (Å²) in [5.74, 6) is -0.403. The molecule has 7 nitrogen and oxygen atoms in total.